The van der Waals surface area contributed by atoms with Crippen molar-refractivity contribution in [1.82, 2.24) is 19.7 Å². The third-order valence-corrected chi connectivity index (χ3v) is 1.99. The second-order valence-electron chi connectivity index (χ2n) is 3.38. The zero-order valence-corrected chi connectivity index (χ0v) is 8.66. The normalized spacial score (nSPS) is 10.3. The van der Waals surface area contributed by atoms with Crippen molar-refractivity contribution in [2.24, 2.45) is 0 Å². The average molecular weight is 218 g/mol. The van der Waals surface area contributed by atoms with Crippen molar-refractivity contribution in [2.75, 3.05) is 0 Å². The van der Waals surface area contributed by atoms with Gasteiger partial charge in [-0.05, 0) is 18.6 Å². The molecule has 1 N–H and O–H groups in total. The second kappa shape index (κ2) is 4.09. The van der Waals surface area contributed by atoms with Crippen LogP contribution in [0.1, 0.15) is 21.9 Å². The molecule has 2 aromatic heterocycles. The predicted molar refractivity (Wildman–Crippen MR) is 55.1 cm³/mol. The Morgan fingerprint density at radius 3 is 3.00 bits per heavy atom. The number of nitrogens with zero attached hydrogens (tertiary/aromatic N) is 4. The van der Waals surface area contributed by atoms with Gasteiger partial charge in [-0.3, -0.25) is 4.68 Å². The zero-order chi connectivity index (χ0) is 11.5. The van der Waals surface area contributed by atoms with Crippen LogP contribution in [0.25, 0.3) is 0 Å². The van der Waals surface area contributed by atoms with Gasteiger partial charge in [-0.25, -0.2) is 14.8 Å². The molecule has 0 aliphatic carbocycles. The molecule has 82 valence electrons. The first kappa shape index (κ1) is 10.3. The molecule has 0 aliphatic rings. The van der Waals surface area contributed by atoms with Crippen LogP contribution in [0, 0.1) is 6.92 Å². The summed E-state index contributed by atoms with van der Waals surface area (Å²) in [5.41, 5.74) is 1.03. The predicted octanol–water partition coefficient (Wildman–Crippen LogP) is 0.728. The Labute approximate surface area is 91.6 Å². The summed E-state index contributed by atoms with van der Waals surface area (Å²) in [6.07, 6.45) is 5.00. The van der Waals surface area contributed by atoms with Crippen LogP contribution in [0.15, 0.2) is 24.7 Å². The monoisotopic (exact) mass is 218 g/mol. The highest BCUT2D eigenvalue weighted by atomic mass is 16.4. The summed E-state index contributed by atoms with van der Waals surface area (Å²) in [6, 6.07) is 1.36. The quantitative estimate of drug-likeness (QED) is 0.821. The molecule has 2 heterocycles. The number of carbonyl (C=O) groups is 1. The fourth-order valence-electron chi connectivity index (χ4n) is 1.29. The maximum absolute atomic E-state index is 10.7. The molecule has 0 aromatic carbocycles. The maximum atomic E-state index is 10.7. The van der Waals surface area contributed by atoms with Crippen LogP contribution < -0.4 is 0 Å². The molecule has 6 heteroatoms. The van der Waals surface area contributed by atoms with E-state index in [0.29, 0.717) is 12.4 Å². The van der Waals surface area contributed by atoms with Gasteiger partial charge in [-0.2, -0.15) is 5.10 Å². The van der Waals surface area contributed by atoms with E-state index in [1.165, 1.54) is 12.3 Å². The van der Waals surface area contributed by atoms with Gasteiger partial charge < -0.3 is 5.11 Å². The minimum absolute atomic E-state index is 0.00567. The lowest BCUT2D eigenvalue weighted by atomic mass is 10.4. The van der Waals surface area contributed by atoms with E-state index in [9.17, 15) is 4.79 Å². The molecule has 2 rings (SSSR count). The topological polar surface area (TPSA) is 80.9 Å². The van der Waals surface area contributed by atoms with Gasteiger partial charge in [-0.1, -0.05) is 0 Å². The summed E-state index contributed by atoms with van der Waals surface area (Å²) in [6.45, 7) is 2.30. The molecule has 0 radical (unpaired) electrons. The number of rotatable bonds is 3. The van der Waals surface area contributed by atoms with Crippen molar-refractivity contribution in [3.05, 3.63) is 41.7 Å². The highest BCUT2D eigenvalue weighted by Gasteiger charge is 2.06. The summed E-state index contributed by atoms with van der Waals surface area (Å²) in [5.74, 6) is -0.622. The molecule has 0 amide bonds. The molecular formula is C10H10N4O2. The first-order chi connectivity index (χ1) is 7.65. The lowest BCUT2D eigenvalue weighted by Crippen LogP contribution is -2.08. The van der Waals surface area contributed by atoms with Crippen LogP contribution in [0.3, 0.4) is 0 Å². The summed E-state index contributed by atoms with van der Waals surface area (Å²) in [5, 5.41) is 12.8. The fraction of sp³-hybridized carbons (Fsp3) is 0.200. The third kappa shape index (κ3) is 2.22. The van der Waals surface area contributed by atoms with E-state index in [-0.39, 0.29) is 5.69 Å². The summed E-state index contributed by atoms with van der Waals surface area (Å²) < 4.78 is 1.66. The molecule has 0 unspecified atom stereocenters. The molecule has 0 bridgehead atoms. The van der Waals surface area contributed by atoms with Gasteiger partial charge in [0.15, 0.2) is 11.5 Å². The molecule has 6 nitrogen and oxygen atoms in total. The molecule has 0 aliphatic heterocycles. The van der Waals surface area contributed by atoms with Crippen LogP contribution in [0.4, 0.5) is 0 Å². The Morgan fingerprint density at radius 1 is 1.56 bits per heavy atom. The number of hydrogen-bond donors (Lipinski definition) is 1. The van der Waals surface area contributed by atoms with Crippen LogP contribution in [-0.2, 0) is 6.54 Å². The lowest BCUT2D eigenvalue weighted by Gasteiger charge is -2.00. The van der Waals surface area contributed by atoms with Gasteiger partial charge in [0.1, 0.15) is 6.54 Å². The summed E-state index contributed by atoms with van der Waals surface area (Å²) in [4.78, 5) is 18.6. The van der Waals surface area contributed by atoms with Gasteiger partial charge in [-0.15, -0.1) is 0 Å². The number of aryl methyl sites for hydroxylation is 1. The first-order valence-electron chi connectivity index (χ1n) is 4.69. The minimum atomic E-state index is -1.06. The van der Waals surface area contributed by atoms with Crippen molar-refractivity contribution in [1.29, 1.82) is 0 Å². The van der Waals surface area contributed by atoms with Crippen molar-refractivity contribution >= 4 is 5.97 Å². The number of aromatic nitrogens is 4. The fourth-order valence-corrected chi connectivity index (χ4v) is 1.29. The zero-order valence-electron chi connectivity index (χ0n) is 8.66. The highest BCUT2D eigenvalue weighted by molar-refractivity contribution is 5.85. The second-order valence-corrected chi connectivity index (χ2v) is 3.38. The number of carboxylic acid groups (broad SMARTS) is 1. The van der Waals surface area contributed by atoms with Gasteiger partial charge >= 0.3 is 5.97 Å². The number of carboxylic acids is 1. The van der Waals surface area contributed by atoms with E-state index in [1.807, 2.05) is 13.1 Å². The van der Waals surface area contributed by atoms with Crippen molar-refractivity contribution in [2.45, 2.75) is 13.5 Å². The van der Waals surface area contributed by atoms with Crippen LogP contribution in [-0.4, -0.2) is 30.8 Å². The maximum Gasteiger partial charge on any atom is 0.354 e. The largest absolute Gasteiger partial charge is 0.477 e. The standard InChI is InChI=1S/C10H10N4O2/c1-7-4-12-14(5-7)6-9-11-3-2-8(13-9)10(15)16/h2-5H,6H2,1H3,(H,15,16). The SMILES string of the molecule is Cc1cnn(Cc2nccc(C(=O)O)n2)c1. The molecule has 0 saturated heterocycles. The Bertz CT molecular complexity index is 521. The van der Waals surface area contributed by atoms with Gasteiger partial charge in [0.05, 0.1) is 6.20 Å². The minimum Gasteiger partial charge on any atom is -0.477 e. The van der Waals surface area contributed by atoms with E-state index >= 15 is 0 Å². The Balaban J connectivity index is 2.21. The molecule has 0 saturated carbocycles. The molecule has 0 fully saturated rings. The smallest absolute Gasteiger partial charge is 0.354 e. The van der Waals surface area contributed by atoms with Crippen LogP contribution in [0.2, 0.25) is 0 Å². The summed E-state index contributed by atoms with van der Waals surface area (Å²) in [7, 11) is 0. The Morgan fingerprint density at radius 2 is 2.38 bits per heavy atom. The Kier molecular flexibility index (Phi) is 2.63. The molecule has 16 heavy (non-hydrogen) atoms. The van der Waals surface area contributed by atoms with Gasteiger partial charge in [0.2, 0.25) is 0 Å². The van der Waals surface area contributed by atoms with E-state index in [2.05, 4.69) is 15.1 Å². The molecule has 0 atom stereocenters. The van der Waals surface area contributed by atoms with Crippen molar-refractivity contribution in [3.63, 3.8) is 0 Å². The van der Waals surface area contributed by atoms with Gasteiger partial charge in [0, 0.05) is 12.4 Å². The third-order valence-electron chi connectivity index (χ3n) is 1.99. The first-order valence-corrected chi connectivity index (χ1v) is 4.69. The van der Waals surface area contributed by atoms with Crippen LogP contribution >= 0.6 is 0 Å². The summed E-state index contributed by atoms with van der Waals surface area (Å²) >= 11 is 0. The highest BCUT2D eigenvalue weighted by Crippen LogP contribution is 2.00. The average Bonchev–Trinajstić information content (AvgIpc) is 2.64. The van der Waals surface area contributed by atoms with Crippen molar-refractivity contribution < 1.29 is 9.90 Å². The van der Waals surface area contributed by atoms with Crippen molar-refractivity contribution in [3.8, 4) is 0 Å². The molecular weight excluding hydrogens is 208 g/mol. The molecule has 2 aromatic rings. The van der Waals surface area contributed by atoms with E-state index in [4.69, 9.17) is 5.11 Å². The number of aromatic carboxylic acids is 1. The van der Waals surface area contributed by atoms with Crippen LogP contribution in [0.5, 0.6) is 0 Å². The van der Waals surface area contributed by atoms with E-state index in [0.717, 1.165) is 5.56 Å². The Hall–Kier alpha value is -2.24. The van der Waals surface area contributed by atoms with Gasteiger partial charge in [0.25, 0.3) is 0 Å². The van der Waals surface area contributed by atoms with E-state index < -0.39 is 5.97 Å². The molecule has 0 spiro atoms. The number of hydrogen-bond acceptors (Lipinski definition) is 4. The van der Waals surface area contributed by atoms with E-state index in [1.54, 1.807) is 10.9 Å². The lowest BCUT2D eigenvalue weighted by molar-refractivity contribution is 0.0690.